The van der Waals surface area contributed by atoms with Crippen LogP contribution in [0.25, 0.3) is 0 Å². The zero-order chi connectivity index (χ0) is 7.40. The van der Waals surface area contributed by atoms with Crippen molar-refractivity contribution in [2.75, 3.05) is 12.5 Å². The van der Waals surface area contributed by atoms with E-state index in [1.807, 2.05) is 26.2 Å². The molecule has 3 nitrogen and oxygen atoms in total. The molecule has 0 fully saturated rings. The predicted molar refractivity (Wildman–Crippen MR) is 41.7 cm³/mol. The summed E-state index contributed by atoms with van der Waals surface area (Å²) in [5.41, 5.74) is 7.90. The molecular formula is C7H11N3. The van der Waals surface area contributed by atoms with E-state index in [0.29, 0.717) is 0 Å². The molecule has 0 aliphatic rings. The lowest BCUT2D eigenvalue weighted by atomic mass is 10.3. The molecule has 0 aromatic carbocycles. The number of nitrogens with one attached hydrogen (secondary N) is 2. The van der Waals surface area contributed by atoms with Crippen molar-refractivity contribution in [3.63, 3.8) is 0 Å². The monoisotopic (exact) mass is 137 g/mol. The second-order valence-corrected chi connectivity index (χ2v) is 2.13. The van der Waals surface area contributed by atoms with Gasteiger partial charge in [-0.25, -0.2) is 5.43 Å². The quantitative estimate of drug-likeness (QED) is 0.595. The van der Waals surface area contributed by atoms with Crippen LogP contribution in [0, 0.1) is 6.92 Å². The van der Waals surface area contributed by atoms with E-state index in [1.165, 1.54) is 0 Å². The second-order valence-electron chi connectivity index (χ2n) is 2.13. The summed E-state index contributed by atoms with van der Waals surface area (Å²) in [6.45, 7) is 2.01. The normalized spacial score (nSPS) is 9.40. The molecule has 10 heavy (non-hydrogen) atoms. The maximum atomic E-state index is 4.00. The molecule has 0 aliphatic carbocycles. The van der Waals surface area contributed by atoms with Crippen LogP contribution in [-0.4, -0.2) is 12.0 Å². The number of hydrogen-bond donors (Lipinski definition) is 2. The molecule has 0 amide bonds. The number of pyridine rings is 1. The van der Waals surface area contributed by atoms with E-state index in [9.17, 15) is 0 Å². The van der Waals surface area contributed by atoms with Crippen LogP contribution in [0.1, 0.15) is 5.56 Å². The third-order valence-corrected chi connectivity index (χ3v) is 1.14. The van der Waals surface area contributed by atoms with E-state index < -0.39 is 0 Å². The lowest BCUT2D eigenvalue weighted by Gasteiger charge is -2.02. The Labute approximate surface area is 60.5 Å². The van der Waals surface area contributed by atoms with E-state index in [-0.39, 0.29) is 0 Å². The van der Waals surface area contributed by atoms with E-state index in [4.69, 9.17) is 0 Å². The molecule has 3 heteroatoms. The Bertz CT molecular complexity index is 210. The average molecular weight is 137 g/mol. The van der Waals surface area contributed by atoms with Crippen molar-refractivity contribution < 1.29 is 0 Å². The number of nitrogens with zero attached hydrogens (tertiary/aromatic N) is 1. The van der Waals surface area contributed by atoms with Crippen LogP contribution in [0.5, 0.6) is 0 Å². The Hall–Kier alpha value is -1.09. The number of rotatable bonds is 2. The highest BCUT2D eigenvalue weighted by atomic mass is 15.3. The topological polar surface area (TPSA) is 37.0 Å². The largest absolute Gasteiger partial charge is 0.320 e. The molecule has 1 aromatic rings. The number of aryl methyl sites for hydroxylation is 1. The Morgan fingerprint density at radius 3 is 2.80 bits per heavy atom. The van der Waals surface area contributed by atoms with Gasteiger partial charge in [0, 0.05) is 13.2 Å². The van der Waals surface area contributed by atoms with Crippen molar-refractivity contribution in [3.8, 4) is 0 Å². The Balaban J connectivity index is 2.75. The molecule has 2 N–H and O–H groups in total. The summed E-state index contributed by atoms with van der Waals surface area (Å²) < 4.78 is 0. The summed E-state index contributed by atoms with van der Waals surface area (Å²) >= 11 is 0. The van der Waals surface area contributed by atoms with Gasteiger partial charge in [-0.3, -0.25) is 4.98 Å². The maximum Gasteiger partial charge on any atom is 0.0673 e. The summed E-state index contributed by atoms with van der Waals surface area (Å²) in [6.07, 6.45) is 3.59. The molecule has 54 valence electrons. The van der Waals surface area contributed by atoms with Gasteiger partial charge in [0.1, 0.15) is 0 Å². The number of aromatic nitrogens is 1. The second kappa shape index (κ2) is 3.17. The Morgan fingerprint density at radius 2 is 2.20 bits per heavy atom. The van der Waals surface area contributed by atoms with Crippen LogP contribution in [0.15, 0.2) is 18.5 Å². The highest BCUT2D eigenvalue weighted by Crippen LogP contribution is 2.04. The number of hydrogen-bond acceptors (Lipinski definition) is 3. The predicted octanol–water partition coefficient (Wildman–Crippen LogP) is 0.936. The highest BCUT2D eigenvalue weighted by Gasteiger charge is 1.88. The van der Waals surface area contributed by atoms with Crippen molar-refractivity contribution in [1.29, 1.82) is 0 Å². The first kappa shape index (κ1) is 7.02. The summed E-state index contributed by atoms with van der Waals surface area (Å²) in [5, 5.41) is 0. The zero-order valence-electron chi connectivity index (χ0n) is 6.18. The van der Waals surface area contributed by atoms with Gasteiger partial charge in [0.05, 0.1) is 11.9 Å². The first-order valence-corrected chi connectivity index (χ1v) is 3.17. The van der Waals surface area contributed by atoms with Crippen LogP contribution >= 0.6 is 0 Å². The van der Waals surface area contributed by atoms with Gasteiger partial charge >= 0.3 is 0 Å². The van der Waals surface area contributed by atoms with Crippen LogP contribution in [0.2, 0.25) is 0 Å². The average Bonchev–Trinajstić information content (AvgIpc) is 1.88. The summed E-state index contributed by atoms with van der Waals surface area (Å²) in [5.74, 6) is 0. The van der Waals surface area contributed by atoms with Gasteiger partial charge < -0.3 is 5.43 Å². The maximum absolute atomic E-state index is 4.00. The van der Waals surface area contributed by atoms with E-state index in [1.54, 1.807) is 6.20 Å². The summed E-state index contributed by atoms with van der Waals surface area (Å²) in [4.78, 5) is 4.00. The van der Waals surface area contributed by atoms with Crippen molar-refractivity contribution in [2.45, 2.75) is 6.92 Å². The molecular weight excluding hydrogens is 126 g/mol. The SMILES string of the molecule is CNNc1cncc(C)c1. The molecule has 0 aliphatic heterocycles. The van der Waals surface area contributed by atoms with Crippen molar-refractivity contribution >= 4 is 5.69 Å². The standard InChI is InChI=1S/C7H11N3/c1-6-3-7(10-8-2)5-9-4-6/h3-5,8,10H,1-2H3. The lowest BCUT2D eigenvalue weighted by Crippen LogP contribution is -2.14. The highest BCUT2D eigenvalue weighted by molar-refractivity contribution is 5.41. The molecule has 0 saturated heterocycles. The van der Waals surface area contributed by atoms with Crippen molar-refractivity contribution in [1.82, 2.24) is 10.4 Å². The third-order valence-electron chi connectivity index (χ3n) is 1.14. The van der Waals surface area contributed by atoms with Crippen molar-refractivity contribution in [2.24, 2.45) is 0 Å². The summed E-state index contributed by atoms with van der Waals surface area (Å²) in [7, 11) is 1.82. The Morgan fingerprint density at radius 1 is 1.40 bits per heavy atom. The zero-order valence-corrected chi connectivity index (χ0v) is 6.18. The van der Waals surface area contributed by atoms with Crippen LogP contribution in [-0.2, 0) is 0 Å². The molecule has 1 heterocycles. The fraction of sp³-hybridized carbons (Fsp3) is 0.286. The van der Waals surface area contributed by atoms with Gasteiger partial charge in [-0.1, -0.05) is 0 Å². The van der Waals surface area contributed by atoms with Gasteiger partial charge in [0.25, 0.3) is 0 Å². The van der Waals surface area contributed by atoms with E-state index in [0.717, 1.165) is 11.3 Å². The molecule has 0 bridgehead atoms. The lowest BCUT2D eigenvalue weighted by molar-refractivity contribution is 0.978. The first-order chi connectivity index (χ1) is 4.83. The summed E-state index contributed by atoms with van der Waals surface area (Å²) in [6, 6.07) is 2.02. The van der Waals surface area contributed by atoms with E-state index in [2.05, 4.69) is 15.8 Å². The van der Waals surface area contributed by atoms with Crippen LogP contribution < -0.4 is 10.9 Å². The minimum Gasteiger partial charge on any atom is -0.320 e. The molecule has 1 aromatic heterocycles. The molecule has 0 radical (unpaired) electrons. The van der Waals surface area contributed by atoms with Gasteiger partial charge in [-0.05, 0) is 18.6 Å². The minimum absolute atomic E-state index is 0.988. The van der Waals surface area contributed by atoms with E-state index >= 15 is 0 Å². The fourth-order valence-electron chi connectivity index (χ4n) is 0.768. The van der Waals surface area contributed by atoms with Gasteiger partial charge in [0.2, 0.25) is 0 Å². The number of hydrazine groups is 1. The molecule has 1 rings (SSSR count). The van der Waals surface area contributed by atoms with Gasteiger partial charge in [0.15, 0.2) is 0 Å². The molecule has 0 unspecified atom stereocenters. The van der Waals surface area contributed by atoms with Crippen molar-refractivity contribution in [3.05, 3.63) is 24.0 Å². The van der Waals surface area contributed by atoms with Gasteiger partial charge in [-0.2, -0.15) is 0 Å². The molecule has 0 saturated carbocycles. The minimum atomic E-state index is 0.988. The van der Waals surface area contributed by atoms with Gasteiger partial charge in [-0.15, -0.1) is 0 Å². The Kier molecular flexibility index (Phi) is 2.23. The third kappa shape index (κ3) is 1.70. The molecule has 0 atom stereocenters. The fourth-order valence-corrected chi connectivity index (χ4v) is 0.768. The smallest absolute Gasteiger partial charge is 0.0673 e. The molecule has 0 spiro atoms. The number of anilines is 1. The van der Waals surface area contributed by atoms with Crippen LogP contribution in [0.3, 0.4) is 0 Å². The van der Waals surface area contributed by atoms with Crippen LogP contribution in [0.4, 0.5) is 5.69 Å². The first-order valence-electron chi connectivity index (χ1n) is 3.17.